The van der Waals surface area contributed by atoms with Gasteiger partial charge >= 0.3 is 0 Å². The van der Waals surface area contributed by atoms with Crippen LogP contribution in [0.15, 0.2) is 0 Å². The minimum atomic E-state index is -0.249. The van der Waals surface area contributed by atoms with E-state index in [1.165, 1.54) is 6.04 Å². The van der Waals surface area contributed by atoms with E-state index in [1.54, 1.807) is 7.11 Å². The molecule has 0 aromatic carbocycles. The van der Waals surface area contributed by atoms with Crippen molar-refractivity contribution in [1.82, 2.24) is 0 Å². The van der Waals surface area contributed by atoms with Crippen LogP contribution in [0.1, 0.15) is 6.42 Å². The van der Waals surface area contributed by atoms with Crippen LogP contribution in [-0.2, 0) is 9.16 Å². The summed E-state index contributed by atoms with van der Waals surface area (Å²) in [5.74, 6) is 0.969. The number of thiol groups is 1. The molecule has 0 N–H and O–H groups in total. The summed E-state index contributed by atoms with van der Waals surface area (Å²) in [6.07, 6.45) is 1.02. The first kappa shape index (κ1) is 10.5. The first-order valence-electron chi connectivity index (χ1n) is 3.59. The van der Waals surface area contributed by atoms with Crippen LogP contribution in [0, 0.1) is 0 Å². The fourth-order valence-corrected chi connectivity index (χ4v) is 1.70. The predicted octanol–water partition coefficient (Wildman–Crippen LogP) is 0.471. The molecule has 0 saturated carbocycles. The zero-order chi connectivity index (χ0) is 7.66. The van der Waals surface area contributed by atoms with Gasteiger partial charge in [-0.15, -0.1) is 0 Å². The van der Waals surface area contributed by atoms with Crippen LogP contribution >= 0.6 is 12.6 Å². The van der Waals surface area contributed by atoms with Crippen molar-refractivity contribution in [3.8, 4) is 0 Å². The van der Waals surface area contributed by atoms with E-state index in [0.717, 1.165) is 25.4 Å². The molecule has 0 rings (SSSR count). The Balaban J connectivity index is 2.65. The van der Waals surface area contributed by atoms with Crippen molar-refractivity contribution in [1.29, 1.82) is 0 Å². The van der Waals surface area contributed by atoms with Gasteiger partial charge < -0.3 is 9.16 Å². The summed E-state index contributed by atoms with van der Waals surface area (Å²) in [6, 6.07) is 1.18. The lowest BCUT2D eigenvalue weighted by atomic mass is 10.5. The molecule has 4 heteroatoms. The van der Waals surface area contributed by atoms with E-state index in [4.69, 9.17) is 9.16 Å². The Hall–Kier alpha value is 0.487. The van der Waals surface area contributed by atoms with Crippen molar-refractivity contribution >= 4 is 22.4 Å². The third-order valence-electron chi connectivity index (χ3n) is 1.08. The summed E-state index contributed by atoms with van der Waals surface area (Å²) in [6.45, 7) is 1.68. The third kappa shape index (κ3) is 8.49. The minimum Gasteiger partial charge on any atom is -0.424 e. The highest BCUT2D eigenvalue weighted by Gasteiger charge is 1.87. The Morgan fingerprint density at radius 3 is 2.80 bits per heavy atom. The quantitative estimate of drug-likeness (QED) is 0.349. The molecule has 0 saturated heterocycles. The molecule has 0 heterocycles. The van der Waals surface area contributed by atoms with Crippen molar-refractivity contribution < 1.29 is 9.16 Å². The molecule has 0 fully saturated rings. The first-order valence-corrected chi connectivity index (χ1v) is 5.80. The van der Waals surface area contributed by atoms with E-state index in [0.29, 0.717) is 0 Å². The SMILES string of the molecule is COCCCO[SiH2]CCS. The maximum absolute atomic E-state index is 5.39. The average Bonchev–Trinajstić information content (AvgIpc) is 1.97. The maximum atomic E-state index is 5.39. The fourth-order valence-electron chi connectivity index (χ4n) is 0.574. The van der Waals surface area contributed by atoms with Crippen LogP contribution in [0.3, 0.4) is 0 Å². The van der Waals surface area contributed by atoms with Gasteiger partial charge in [0.1, 0.15) is 0 Å². The van der Waals surface area contributed by atoms with E-state index < -0.39 is 0 Å². The molecule has 0 aliphatic carbocycles. The second kappa shape index (κ2) is 9.49. The molecule has 10 heavy (non-hydrogen) atoms. The Morgan fingerprint density at radius 1 is 1.40 bits per heavy atom. The molecular weight excluding hydrogens is 164 g/mol. The predicted molar refractivity (Wildman–Crippen MR) is 49.6 cm³/mol. The van der Waals surface area contributed by atoms with Crippen LogP contribution in [0.2, 0.25) is 6.04 Å². The van der Waals surface area contributed by atoms with Crippen LogP contribution in [0.5, 0.6) is 0 Å². The van der Waals surface area contributed by atoms with Gasteiger partial charge in [-0.05, 0) is 18.2 Å². The van der Waals surface area contributed by atoms with E-state index in [9.17, 15) is 0 Å². The zero-order valence-corrected chi connectivity index (χ0v) is 8.81. The summed E-state index contributed by atoms with van der Waals surface area (Å²) < 4.78 is 10.3. The minimum absolute atomic E-state index is 0.249. The van der Waals surface area contributed by atoms with Crippen LogP contribution in [-0.4, -0.2) is 35.8 Å². The normalized spacial score (nSPS) is 11.4. The molecule has 2 nitrogen and oxygen atoms in total. The molecule has 0 bridgehead atoms. The van der Waals surface area contributed by atoms with Gasteiger partial charge in [0.15, 0.2) is 9.76 Å². The lowest BCUT2D eigenvalue weighted by Gasteiger charge is -2.00. The largest absolute Gasteiger partial charge is 0.424 e. The highest BCUT2D eigenvalue weighted by Crippen LogP contribution is 1.86. The summed E-state index contributed by atoms with van der Waals surface area (Å²) in [5, 5.41) is 0. The standard InChI is InChI=1S/C6H16O2SSi/c1-7-3-2-4-8-10-6-5-9/h9H,2-6,10H2,1H3. The van der Waals surface area contributed by atoms with Crippen LogP contribution in [0.4, 0.5) is 0 Å². The van der Waals surface area contributed by atoms with Gasteiger partial charge in [-0.1, -0.05) is 0 Å². The van der Waals surface area contributed by atoms with Crippen molar-refractivity contribution in [3.05, 3.63) is 0 Å². The molecule has 0 aromatic heterocycles. The van der Waals surface area contributed by atoms with Gasteiger partial charge in [-0.3, -0.25) is 0 Å². The molecule has 0 spiro atoms. The Bertz CT molecular complexity index is 55.7. The van der Waals surface area contributed by atoms with Gasteiger partial charge in [0.05, 0.1) is 0 Å². The summed E-state index contributed by atoms with van der Waals surface area (Å²) in [5.41, 5.74) is 0. The lowest BCUT2D eigenvalue weighted by Crippen LogP contribution is -2.03. The van der Waals surface area contributed by atoms with E-state index in [-0.39, 0.29) is 9.76 Å². The molecular formula is C6H16O2SSi. The van der Waals surface area contributed by atoms with Gasteiger partial charge in [0.25, 0.3) is 0 Å². The third-order valence-corrected chi connectivity index (χ3v) is 3.21. The number of ether oxygens (including phenoxy) is 1. The summed E-state index contributed by atoms with van der Waals surface area (Å²) in [4.78, 5) is 0. The second-order valence-corrected chi connectivity index (χ2v) is 4.01. The highest BCUT2D eigenvalue weighted by atomic mass is 32.1. The molecule has 0 unspecified atom stereocenters. The van der Waals surface area contributed by atoms with Crippen molar-refractivity contribution in [2.45, 2.75) is 12.5 Å². The second-order valence-electron chi connectivity index (χ2n) is 2.04. The number of hydrogen-bond acceptors (Lipinski definition) is 3. The van der Waals surface area contributed by atoms with E-state index >= 15 is 0 Å². The maximum Gasteiger partial charge on any atom is 0.162 e. The van der Waals surface area contributed by atoms with Crippen LogP contribution in [0.25, 0.3) is 0 Å². The zero-order valence-electron chi connectivity index (χ0n) is 6.51. The molecule has 0 aromatic rings. The van der Waals surface area contributed by atoms with Crippen molar-refractivity contribution in [2.24, 2.45) is 0 Å². The Kier molecular flexibility index (Phi) is 9.95. The van der Waals surface area contributed by atoms with Crippen LogP contribution < -0.4 is 0 Å². The van der Waals surface area contributed by atoms with Crippen molar-refractivity contribution in [2.75, 3.05) is 26.1 Å². The summed E-state index contributed by atoms with van der Waals surface area (Å²) >= 11 is 4.09. The van der Waals surface area contributed by atoms with Crippen molar-refractivity contribution in [3.63, 3.8) is 0 Å². The Morgan fingerprint density at radius 2 is 2.20 bits per heavy atom. The topological polar surface area (TPSA) is 18.5 Å². The lowest BCUT2D eigenvalue weighted by molar-refractivity contribution is 0.174. The fraction of sp³-hybridized carbons (Fsp3) is 1.00. The first-order chi connectivity index (χ1) is 4.91. The smallest absolute Gasteiger partial charge is 0.162 e. The molecule has 0 aliphatic rings. The molecule has 62 valence electrons. The Labute approximate surface area is 70.6 Å². The summed E-state index contributed by atoms with van der Waals surface area (Å²) in [7, 11) is 1.46. The monoisotopic (exact) mass is 180 g/mol. The number of methoxy groups -OCH3 is 1. The van der Waals surface area contributed by atoms with Gasteiger partial charge in [0.2, 0.25) is 0 Å². The van der Waals surface area contributed by atoms with E-state index in [1.807, 2.05) is 0 Å². The molecule has 0 aliphatic heterocycles. The van der Waals surface area contributed by atoms with Gasteiger partial charge in [0, 0.05) is 20.3 Å². The average molecular weight is 180 g/mol. The highest BCUT2D eigenvalue weighted by molar-refractivity contribution is 7.80. The molecule has 0 atom stereocenters. The number of rotatable bonds is 7. The van der Waals surface area contributed by atoms with Gasteiger partial charge in [-0.2, -0.15) is 12.6 Å². The van der Waals surface area contributed by atoms with E-state index in [2.05, 4.69) is 12.6 Å². The number of hydrogen-bond donors (Lipinski definition) is 1. The molecule has 0 amide bonds. The van der Waals surface area contributed by atoms with Gasteiger partial charge in [-0.25, -0.2) is 0 Å². The molecule has 0 radical (unpaired) electrons.